The van der Waals surface area contributed by atoms with E-state index >= 15 is 0 Å². The van der Waals surface area contributed by atoms with E-state index in [0.29, 0.717) is 24.4 Å². The standard InChI is InChI=1S/C24H23N3O2/c1-3-15-27(2)16-18-11-13-22(23-20(18)9-6-14-25-23)29-24(28)26-21-12-10-17-7-4-5-8-19(17)21/h1,4-9,11,13-14,21H,10,12,15-16H2,2H3,(H,26,28)/t21-/m1/s1. The highest BCUT2D eigenvalue weighted by atomic mass is 16.6. The average molecular weight is 385 g/mol. The molecule has 0 saturated heterocycles. The largest absolute Gasteiger partial charge is 0.413 e. The number of pyridine rings is 1. The van der Waals surface area contributed by atoms with Gasteiger partial charge in [-0.05, 0) is 48.7 Å². The zero-order valence-corrected chi connectivity index (χ0v) is 16.4. The minimum Gasteiger partial charge on any atom is -0.408 e. The molecule has 1 heterocycles. The van der Waals surface area contributed by atoms with Crippen molar-refractivity contribution in [2.75, 3.05) is 13.6 Å². The van der Waals surface area contributed by atoms with Crippen LogP contribution in [0.4, 0.5) is 4.79 Å². The Morgan fingerprint density at radius 3 is 3.00 bits per heavy atom. The van der Waals surface area contributed by atoms with Crippen molar-refractivity contribution in [1.82, 2.24) is 15.2 Å². The molecule has 1 N–H and O–H groups in total. The number of amides is 1. The topological polar surface area (TPSA) is 54.5 Å². The molecular formula is C24H23N3O2. The first kappa shape index (κ1) is 19.0. The van der Waals surface area contributed by atoms with E-state index in [1.54, 1.807) is 12.3 Å². The van der Waals surface area contributed by atoms with Gasteiger partial charge in [0.05, 0.1) is 12.6 Å². The lowest BCUT2D eigenvalue weighted by molar-refractivity contribution is 0.196. The number of aromatic nitrogens is 1. The van der Waals surface area contributed by atoms with Crippen LogP contribution in [-0.4, -0.2) is 29.6 Å². The minimum atomic E-state index is -0.462. The van der Waals surface area contributed by atoms with Gasteiger partial charge in [-0.3, -0.25) is 9.88 Å². The number of benzene rings is 2. The second-order valence-electron chi connectivity index (χ2n) is 7.32. The molecule has 146 valence electrons. The van der Waals surface area contributed by atoms with Gasteiger partial charge >= 0.3 is 6.09 Å². The van der Waals surface area contributed by atoms with E-state index in [1.165, 1.54) is 11.1 Å². The third kappa shape index (κ3) is 4.08. The lowest BCUT2D eigenvalue weighted by Crippen LogP contribution is -2.30. The van der Waals surface area contributed by atoms with Crippen molar-refractivity contribution in [2.45, 2.75) is 25.4 Å². The van der Waals surface area contributed by atoms with Crippen molar-refractivity contribution in [3.05, 3.63) is 71.4 Å². The quantitative estimate of drug-likeness (QED) is 0.673. The number of terminal acetylenes is 1. The first-order valence-corrected chi connectivity index (χ1v) is 9.70. The Labute approximate surface area is 170 Å². The van der Waals surface area contributed by atoms with Gasteiger partial charge < -0.3 is 10.1 Å². The van der Waals surface area contributed by atoms with Gasteiger partial charge in [0.1, 0.15) is 5.52 Å². The number of fused-ring (bicyclic) bond motifs is 2. The molecule has 1 amide bonds. The summed E-state index contributed by atoms with van der Waals surface area (Å²) < 4.78 is 5.65. The van der Waals surface area contributed by atoms with Crippen molar-refractivity contribution >= 4 is 17.0 Å². The fraction of sp³-hybridized carbons (Fsp3) is 0.250. The van der Waals surface area contributed by atoms with Gasteiger partial charge in [-0.25, -0.2) is 4.79 Å². The van der Waals surface area contributed by atoms with Crippen LogP contribution in [0.15, 0.2) is 54.7 Å². The van der Waals surface area contributed by atoms with Gasteiger partial charge in [0, 0.05) is 18.1 Å². The maximum absolute atomic E-state index is 12.6. The fourth-order valence-corrected chi connectivity index (χ4v) is 3.91. The molecule has 1 aliphatic carbocycles. The van der Waals surface area contributed by atoms with E-state index in [9.17, 15) is 4.79 Å². The maximum atomic E-state index is 12.6. The molecule has 5 heteroatoms. The van der Waals surface area contributed by atoms with Gasteiger partial charge in [0.25, 0.3) is 0 Å². The maximum Gasteiger partial charge on any atom is 0.413 e. The molecule has 1 aromatic heterocycles. The van der Waals surface area contributed by atoms with Crippen molar-refractivity contribution < 1.29 is 9.53 Å². The highest BCUT2D eigenvalue weighted by Gasteiger charge is 2.24. The highest BCUT2D eigenvalue weighted by Crippen LogP contribution is 2.31. The summed E-state index contributed by atoms with van der Waals surface area (Å²) in [4.78, 5) is 19.1. The van der Waals surface area contributed by atoms with Crippen molar-refractivity contribution in [2.24, 2.45) is 0 Å². The fourth-order valence-electron chi connectivity index (χ4n) is 3.91. The summed E-state index contributed by atoms with van der Waals surface area (Å²) >= 11 is 0. The van der Waals surface area contributed by atoms with E-state index in [4.69, 9.17) is 11.2 Å². The van der Waals surface area contributed by atoms with Crippen LogP contribution < -0.4 is 10.1 Å². The predicted octanol–water partition coefficient (Wildman–Crippen LogP) is 4.08. The number of aryl methyl sites for hydroxylation is 1. The highest BCUT2D eigenvalue weighted by molar-refractivity contribution is 5.89. The molecule has 1 atom stereocenters. The third-order valence-corrected chi connectivity index (χ3v) is 5.25. The van der Waals surface area contributed by atoms with Crippen molar-refractivity contribution in [3.8, 4) is 18.1 Å². The van der Waals surface area contributed by atoms with Gasteiger partial charge in [0.2, 0.25) is 0 Å². The second-order valence-corrected chi connectivity index (χ2v) is 7.32. The van der Waals surface area contributed by atoms with Crippen LogP contribution in [0.3, 0.4) is 0 Å². The summed E-state index contributed by atoms with van der Waals surface area (Å²) in [6, 6.07) is 15.8. The van der Waals surface area contributed by atoms with Gasteiger partial charge in [-0.1, -0.05) is 42.3 Å². The number of rotatable bonds is 5. The predicted molar refractivity (Wildman–Crippen MR) is 114 cm³/mol. The van der Waals surface area contributed by atoms with Crippen LogP contribution >= 0.6 is 0 Å². The van der Waals surface area contributed by atoms with Crippen LogP contribution in [0, 0.1) is 12.3 Å². The molecule has 1 aliphatic rings. The van der Waals surface area contributed by atoms with Crippen molar-refractivity contribution in [3.63, 3.8) is 0 Å². The molecule has 2 aromatic carbocycles. The molecule has 4 rings (SSSR count). The summed E-state index contributed by atoms with van der Waals surface area (Å²) in [6.45, 7) is 1.25. The van der Waals surface area contributed by atoms with E-state index < -0.39 is 6.09 Å². The molecule has 5 nitrogen and oxygen atoms in total. The molecule has 0 unspecified atom stereocenters. The summed E-state index contributed by atoms with van der Waals surface area (Å²) in [5.41, 5.74) is 4.20. The molecule has 0 spiro atoms. The smallest absolute Gasteiger partial charge is 0.408 e. The summed E-state index contributed by atoms with van der Waals surface area (Å²) in [5, 5.41) is 3.94. The number of hydrogen-bond donors (Lipinski definition) is 1. The van der Waals surface area contributed by atoms with E-state index in [0.717, 1.165) is 23.8 Å². The Morgan fingerprint density at radius 1 is 1.28 bits per heavy atom. The molecule has 0 saturated carbocycles. The molecule has 0 aliphatic heterocycles. The van der Waals surface area contributed by atoms with Crippen LogP contribution in [0.5, 0.6) is 5.75 Å². The SMILES string of the molecule is C#CCN(C)Cc1ccc(OC(=O)N[C@@H]2CCc3ccccc32)c2ncccc12. The number of hydrogen-bond acceptors (Lipinski definition) is 4. The molecular weight excluding hydrogens is 362 g/mol. The van der Waals surface area contributed by atoms with E-state index in [-0.39, 0.29) is 6.04 Å². The summed E-state index contributed by atoms with van der Waals surface area (Å²) in [5.74, 6) is 3.10. The van der Waals surface area contributed by atoms with Crippen LogP contribution in [0.25, 0.3) is 10.9 Å². The summed E-state index contributed by atoms with van der Waals surface area (Å²) in [6.07, 6.45) is 8.49. The Hall–Kier alpha value is -3.36. The van der Waals surface area contributed by atoms with Crippen LogP contribution in [0.2, 0.25) is 0 Å². The molecule has 0 radical (unpaired) electrons. The average Bonchev–Trinajstić information content (AvgIpc) is 3.13. The number of nitrogens with zero attached hydrogens (tertiary/aromatic N) is 2. The van der Waals surface area contributed by atoms with Gasteiger partial charge in [-0.2, -0.15) is 0 Å². The third-order valence-electron chi connectivity index (χ3n) is 5.25. The Morgan fingerprint density at radius 2 is 2.14 bits per heavy atom. The molecule has 0 bridgehead atoms. The Balaban J connectivity index is 1.53. The Kier molecular flexibility index (Phi) is 5.46. The second kappa shape index (κ2) is 8.34. The lowest BCUT2D eigenvalue weighted by Gasteiger charge is -2.17. The van der Waals surface area contributed by atoms with Crippen LogP contribution in [-0.2, 0) is 13.0 Å². The monoisotopic (exact) mass is 385 g/mol. The Bertz CT molecular complexity index is 1090. The van der Waals surface area contributed by atoms with Crippen LogP contribution in [0.1, 0.15) is 29.2 Å². The van der Waals surface area contributed by atoms with E-state index in [1.807, 2.05) is 42.3 Å². The number of carbonyl (C=O) groups excluding carboxylic acids is 1. The molecule has 0 fully saturated rings. The zero-order valence-electron chi connectivity index (χ0n) is 16.4. The van der Waals surface area contributed by atoms with Gasteiger partial charge in [0.15, 0.2) is 5.75 Å². The number of ether oxygens (including phenoxy) is 1. The zero-order chi connectivity index (χ0) is 20.2. The first-order valence-electron chi connectivity index (χ1n) is 9.70. The van der Waals surface area contributed by atoms with E-state index in [2.05, 4.69) is 28.4 Å². The summed E-state index contributed by atoms with van der Waals surface area (Å²) in [7, 11) is 1.97. The number of carbonyl (C=O) groups is 1. The normalized spacial score (nSPS) is 15.1. The minimum absolute atomic E-state index is 0.0189. The lowest BCUT2D eigenvalue weighted by atomic mass is 10.1. The molecule has 3 aromatic rings. The first-order chi connectivity index (χ1) is 14.2. The number of nitrogens with one attached hydrogen (secondary N) is 1. The van der Waals surface area contributed by atoms with Gasteiger partial charge in [-0.15, -0.1) is 6.42 Å². The molecule has 29 heavy (non-hydrogen) atoms. The van der Waals surface area contributed by atoms with Crippen molar-refractivity contribution in [1.29, 1.82) is 0 Å².